The Morgan fingerprint density at radius 1 is 1.19 bits per heavy atom. The Labute approximate surface area is 174 Å². The predicted molar refractivity (Wildman–Crippen MR) is 108 cm³/mol. The van der Waals surface area contributed by atoms with E-state index in [1.165, 1.54) is 24.5 Å². The van der Waals surface area contributed by atoms with Crippen molar-refractivity contribution in [1.82, 2.24) is 10.4 Å². The number of halogens is 5. The minimum Gasteiger partial charge on any atom is -0.315 e. The third-order valence-electron chi connectivity index (χ3n) is 4.64. The van der Waals surface area contributed by atoms with E-state index < -0.39 is 47.2 Å². The number of allylic oxidation sites excluding steroid dienone is 3. The van der Waals surface area contributed by atoms with E-state index in [4.69, 9.17) is 5.84 Å². The summed E-state index contributed by atoms with van der Waals surface area (Å²) in [5, 5.41) is 0. The van der Waals surface area contributed by atoms with Gasteiger partial charge in [0.15, 0.2) is 0 Å². The number of benzene rings is 1. The molecular formula is C21H18F5N5. The monoisotopic (exact) mass is 435 g/mol. The molecule has 0 saturated heterocycles. The van der Waals surface area contributed by atoms with Crippen LogP contribution >= 0.6 is 0 Å². The van der Waals surface area contributed by atoms with Gasteiger partial charge in [-0.2, -0.15) is 13.2 Å². The number of hydrogen-bond acceptors (Lipinski definition) is 4. The van der Waals surface area contributed by atoms with Gasteiger partial charge < -0.3 is 5.43 Å². The summed E-state index contributed by atoms with van der Waals surface area (Å²) in [5.74, 6) is -3.03. The van der Waals surface area contributed by atoms with E-state index in [1.54, 1.807) is 0 Å². The molecule has 0 bridgehead atoms. The van der Waals surface area contributed by atoms with Gasteiger partial charge in [0.25, 0.3) is 5.92 Å². The molecular weight excluding hydrogens is 417 g/mol. The van der Waals surface area contributed by atoms with Crippen molar-refractivity contribution in [3.05, 3.63) is 83.6 Å². The van der Waals surface area contributed by atoms with Crippen LogP contribution in [0.4, 0.5) is 22.0 Å². The Morgan fingerprint density at radius 2 is 2.00 bits per heavy atom. The second-order valence-electron chi connectivity index (χ2n) is 6.65. The first kappa shape index (κ1) is 22.3. The molecule has 1 aromatic heterocycles. The molecule has 1 aliphatic heterocycles. The van der Waals surface area contributed by atoms with Gasteiger partial charge in [-0.15, -0.1) is 0 Å². The number of hydrazine groups is 1. The SMILES string of the molecule is NNC=NCC(c1ccc(F)cc1F)C(F)(F)C1=NC=C(c2ccc(F)nc2)CC=C1. The lowest BCUT2D eigenvalue weighted by Gasteiger charge is -2.26. The van der Waals surface area contributed by atoms with Crippen molar-refractivity contribution in [2.75, 3.05) is 6.54 Å². The third kappa shape index (κ3) is 5.21. The van der Waals surface area contributed by atoms with Gasteiger partial charge in [-0.1, -0.05) is 12.1 Å². The fourth-order valence-electron chi connectivity index (χ4n) is 3.08. The minimum absolute atomic E-state index is 0.251. The van der Waals surface area contributed by atoms with E-state index >= 15 is 8.78 Å². The molecule has 2 aromatic rings. The highest BCUT2D eigenvalue weighted by molar-refractivity contribution is 6.02. The maximum atomic E-state index is 15.5. The molecule has 5 nitrogen and oxygen atoms in total. The summed E-state index contributed by atoms with van der Waals surface area (Å²) in [6, 6.07) is 5.01. The molecule has 0 aliphatic carbocycles. The first-order chi connectivity index (χ1) is 14.8. The zero-order valence-corrected chi connectivity index (χ0v) is 16.1. The molecule has 1 aromatic carbocycles. The third-order valence-corrected chi connectivity index (χ3v) is 4.64. The summed E-state index contributed by atoms with van der Waals surface area (Å²) < 4.78 is 71.6. The van der Waals surface area contributed by atoms with E-state index in [-0.39, 0.29) is 6.42 Å². The highest BCUT2D eigenvalue weighted by Gasteiger charge is 2.45. The smallest absolute Gasteiger partial charge is 0.298 e. The van der Waals surface area contributed by atoms with Gasteiger partial charge in [0, 0.05) is 18.5 Å². The van der Waals surface area contributed by atoms with Crippen molar-refractivity contribution in [1.29, 1.82) is 0 Å². The average Bonchev–Trinajstić information content (AvgIpc) is 2.99. The number of pyridine rings is 1. The van der Waals surface area contributed by atoms with Crippen LogP contribution in [0, 0.1) is 17.6 Å². The normalized spacial score (nSPS) is 15.4. The largest absolute Gasteiger partial charge is 0.315 e. The second kappa shape index (κ2) is 9.61. The van der Waals surface area contributed by atoms with Gasteiger partial charge in [0.05, 0.1) is 18.8 Å². The lowest BCUT2D eigenvalue weighted by molar-refractivity contribution is 0.0487. The standard InChI is InChI=1S/C21H18F5N5/c22-15-5-6-16(18(23)8-15)17(11-28-12-31-27)21(25,26)19-3-1-2-13(9-29-19)14-4-7-20(24)30-10-14/h1,3-10,12,17H,2,11,27H2,(H,28,31). The van der Waals surface area contributed by atoms with Crippen LogP contribution in [-0.4, -0.2) is 29.5 Å². The lowest BCUT2D eigenvalue weighted by atomic mass is 9.88. The zero-order valence-electron chi connectivity index (χ0n) is 16.1. The van der Waals surface area contributed by atoms with Gasteiger partial charge in [0.1, 0.15) is 17.3 Å². The first-order valence-electron chi connectivity index (χ1n) is 9.16. The number of aromatic nitrogens is 1. The van der Waals surface area contributed by atoms with Crippen LogP contribution in [0.1, 0.15) is 23.5 Å². The van der Waals surface area contributed by atoms with Crippen LogP contribution in [0.5, 0.6) is 0 Å². The number of hydrogen-bond donors (Lipinski definition) is 2. The van der Waals surface area contributed by atoms with Crippen LogP contribution in [0.2, 0.25) is 0 Å². The van der Waals surface area contributed by atoms with Crippen molar-refractivity contribution < 1.29 is 22.0 Å². The van der Waals surface area contributed by atoms with Crippen LogP contribution < -0.4 is 11.3 Å². The summed E-state index contributed by atoms with van der Waals surface area (Å²) in [5.41, 5.74) is 2.13. The summed E-state index contributed by atoms with van der Waals surface area (Å²) in [6.07, 6.45) is 6.37. The Hall–Kier alpha value is -3.40. The van der Waals surface area contributed by atoms with Crippen molar-refractivity contribution in [2.24, 2.45) is 15.8 Å². The topological polar surface area (TPSA) is 75.7 Å². The molecule has 1 aliphatic rings. The highest BCUT2D eigenvalue weighted by atomic mass is 19.3. The first-order valence-corrected chi connectivity index (χ1v) is 9.16. The summed E-state index contributed by atoms with van der Waals surface area (Å²) in [4.78, 5) is 11.2. The van der Waals surface area contributed by atoms with Gasteiger partial charge >= 0.3 is 0 Å². The van der Waals surface area contributed by atoms with Crippen molar-refractivity contribution in [3.8, 4) is 0 Å². The van der Waals surface area contributed by atoms with Gasteiger partial charge in [-0.05, 0) is 47.4 Å². The maximum absolute atomic E-state index is 15.5. The molecule has 31 heavy (non-hydrogen) atoms. The molecule has 10 heteroatoms. The highest BCUT2D eigenvalue weighted by Crippen LogP contribution is 2.38. The number of rotatable bonds is 7. The Kier molecular flexibility index (Phi) is 6.91. The van der Waals surface area contributed by atoms with Crippen LogP contribution in [0.3, 0.4) is 0 Å². The minimum atomic E-state index is -3.66. The number of nitrogens with zero attached hydrogens (tertiary/aromatic N) is 3. The molecule has 1 unspecified atom stereocenters. The Morgan fingerprint density at radius 3 is 2.68 bits per heavy atom. The Balaban J connectivity index is 1.99. The number of alkyl halides is 2. The van der Waals surface area contributed by atoms with E-state index in [0.717, 1.165) is 30.6 Å². The summed E-state index contributed by atoms with van der Waals surface area (Å²) >= 11 is 0. The van der Waals surface area contributed by atoms with Crippen LogP contribution in [-0.2, 0) is 0 Å². The van der Waals surface area contributed by atoms with Gasteiger partial charge in [-0.25, -0.2) is 19.6 Å². The quantitative estimate of drug-likeness (QED) is 0.171. The van der Waals surface area contributed by atoms with Crippen LogP contribution in [0.25, 0.3) is 5.57 Å². The Bertz CT molecular complexity index is 1040. The van der Waals surface area contributed by atoms with Gasteiger partial charge in [0.2, 0.25) is 5.95 Å². The number of aliphatic imine (C=N–C) groups is 2. The fraction of sp³-hybridized carbons (Fsp3) is 0.190. The molecule has 0 radical (unpaired) electrons. The van der Waals surface area contributed by atoms with E-state index in [9.17, 15) is 13.2 Å². The molecule has 0 fully saturated rings. The summed E-state index contributed by atoms with van der Waals surface area (Å²) in [6.45, 7) is -0.537. The van der Waals surface area contributed by atoms with Crippen molar-refractivity contribution in [2.45, 2.75) is 18.3 Å². The molecule has 3 N–H and O–H groups in total. The van der Waals surface area contributed by atoms with Crippen LogP contribution in [0.15, 0.2) is 64.9 Å². The maximum Gasteiger partial charge on any atom is 0.298 e. The van der Waals surface area contributed by atoms with Crippen molar-refractivity contribution >= 4 is 17.6 Å². The average molecular weight is 435 g/mol. The molecule has 0 saturated carbocycles. The fourth-order valence-corrected chi connectivity index (χ4v) is 3.08. The second-order valence-corrected chi connectivity index (χ2v) is 6.65. The zero-order chi connectivity index (χ0) is 22.4. The molecule has 3 rings (SSSR count). The molecule has 2 heterocycles. The molecule has 1 atom stereocenters. The lowest BCUT2D eigenvalue weighted by Crippen LogP contribution is -2.37. The van der Waals surface area contributed by atoms with E-state index in [2.05, 4.69) is 20.4 Å². The number of nitrogens with two attached hydrogens (primary N) is 1. The van der Waals surface area contributed by atoms with Gasteiger partial charge in [-0.3, -0.25) is 9.98 Å². The molecule has 162 valence electrons. The molecule has 0 amide bonds. The van der Waals surface area contributed by atoms with E-state index in [1.807, 2.05) is 0 Å². The molecule has 0 spiro atoms. The predicted octanol–water partition coefficient (Wildman–Crippen LogP) is 4.15. The van der Waals surface area contributed by atoms with E-state index in [0.29, 0.717) is 17.2 Å². The van der Waals surface area contributed by atoms with Crippen molar-refractivity contribution in [3.63, 3.8) is 0 Å². The summed E-state index contributed by atoms with van der Waals surface area (Å²) in [7, 11) is 0. The number of nitrogens with one attached hydrogen (secondary N) is 1.